The molecule has 1 aliphatic rings. The van der Waals surface area contributed by atoms with Crippen LogP contribution in [0.2, 0.25) is 0 Å². The van der Waals surface area contributed by atoms with Gasteiger partial charge in [-0.05, 0) is 63.6 Å². The molecule has 8 nitrogen and oxygen atoms in total. The summed E-state index contributed by atoms with van der Waals surface area (Å²) >= 11 is 0. The van der Waals surface area contributed by atoms with Gasteiger partial charge in [0.25, 0.3) is 11.8 Å². The molecule has 1 saturated heterocycles. The Bertz CT molecular complexity index is 1090. The Labute approximate surface area is 195 Å². The van der Waals surface area contributed by atoms with Crippen LogP contribution in [0.1, 0.15) is 54.0 Å². The predicted octanol–water partition coefficient (Wildman–Crippen LogP) is 2.55. The Kier molecular flexibility index (Phi) is 7.88. The number of sulfonamides is 1. The highest BCUT2D eigenvalue weighted by molar-refractivity contribution is 7.89. The van der Waals surface area contributed by atoms with Gasteiger partial charge in [0.1, 0.15) is 0 Å². The molecule has 2 amide bonds. The third-order valence-corrected chi connectivity index (χ3v) is 6.81. The molecule has 0 radical (unpaired) electrons. The van der Waals surface area contributed by atoms with Gasteiger partial charge in [0.15, 0.2) is 0 Å². The van der Waals surface area contributed by atoms with E-state index in [1.807, 2.05) is 13.8 Å². The molecule has 1 aliphatic heterocycles. The van der Waals surface area contributed by atoms with Crippen molar-refractivity contribution in [2.45, 2.75) is 57.4 Å². The lowest BCUT2D eigenvalue weighted by Gasteiger charge is -2.35. The fourth-order valence-corrected chi connectivity index (χ4v) is 5.06. The molecule has 2 N–H and O–H groups in total. The van der Waals surface area contributed by atoms with Crippen LogP contribution in [0.5, 0.6) is 0 Å². The maximum absolute atomic E-state index is 12.8. The Morgan fingerprint density at radius 2 is 1.67 bits per heavy atom. The van der Waals surface area contributed by atoms with Crippen LogP contribution in [-0.4, -0.2) is 56.5 Å². The Morgan fingerprint density at radius 3 is 2.27 bits per heavy atom. The summed E-state index contributed by atoms with van der Waals surface area (Å²) < 4.78 is 32.9. The highest BCUT2D eigenvalue weighted by atomic mass is 32.2. The molecule has 2 atom stereocenters. The molecular weight excluding hydrogens is 442 g/mol. The van der Waals surface area contributed by atoms with Gasteiger partial charge < -0.3 is 15.0 Å². The van der Waals surface area contributed by atoms with E-state index in [9.17, 15) is 18.0 Å². The number of carbonyl (C=O) groups excluding carboxylic acids is 2. The summed E-state index contributed by atoms with van der Waals surface area (Å²) in [4.78, 5) is 27.2. The second-order valence-corrected chi connectivity index (χ2v) is 10.4. The van der Waals surface area contributed by atoms with E-state index in [0.29, 0.717) is 18.7 Å². The van der Waals surface area contributed by atoms with E-state index in [0.717, 1.165) is 5.56 Å². The maximum Gasteiger partial charge on any atom is 0.254 e. The maximum atomic E-state index is 12.8. The van der Waals surface area contributed by atoms with Gasteiger partial charge in [-0.1, -0.05) is 18.2 Å². The van der Waals surface area contributed by atoms with Crippen molar-refractivity contribution in [1.29, 1.82) is 0 Å². The average Bonchev–Trinajstić information content (AvgIpc) is 2.76. The molecule has 178 valence electrons. The fourth-order valence-electron chi connectivity index (χ4n) is 3.76. The third-order valence-electron chi connectivity index (χ3n) is 5.16. The van der Waals surface area contributed by atoms with Crippen LogP contribution in [0.4, 0.5) is 0 Å². The molecule has 0 aliphatic carbocycles. The summed E-state index contributed by atoms with van der Waals surface area (Å²) in [5, 5.41) is 2.79. The van der Waals surface area contributed by atoms with Gasteiger partial charge in [-0.25, -0.2) is 13.1 Å². The highest BCUT2D eigenvalue weighted by Gasteiger charge is 2.26. The first kappa shape index (κ1) is 24.9. The molecular formula is C24H31N3O5S. The molecule has 0 aromatic heterocycles. The summed E-state index contributed by atoms with van der Waals surface area (Å²) in [6.07, 6.45) is 0.00339. The number of nitrogens with zero attached hydrogens (tertiary/aromatic N) is 1. The first-order valence-corrected chi connectivity index (χ1v) is 12.5. The average molecular weight is 474 g/mol. The lowest BCUT2D eigenvalue weighted by molar-refractivity contribution is -0.0586. The standard InChI is InChI=1S/C24H31N3O5S/c1-16(2)26-33(30,31)22-7-5-6-21(12-22)23(28)25-13-19-8-10-20(11-9-19)24(29)27-14-17(3)32-18(4)15-27/h5-12,16-18,26H,13-15H2,1-4H3,(H,25,28). The number of benzene rings is 2. The number of hydrogen-bond donors (Lipinski definition) is 2. The van der Waals surface area contributed by atoms with Gasteiger partial charge in [0, 0.05) is 36.8 Å². The first-order valence-electron chi connectivity index (χ1n) is 11.0. The summed E-state index contributed by atoms with van der Waals surface area (Å²) in [6.45, 7) is 8.73. The monoisotopic (exact) mass is 473 g/mol. The van der Waals surface area contributed by atoms with E-state index in [-0.39, 0.29) is 47.1 Å². The van der Waals surface area contributed by atoms with Crippen molar-refractivity contribution in [2.75, 3.05) is 13.1 Å². The van der Waals surface area contributed by atoms with Crippen molar-refractivity contribution in [1.82, 2.24) is 14.9 Å². The van der Waals surface area contributed by atoms with Crippen LogP contribution in [0.3, 0.4) is 0 Å². The molecule has 1 heterocycles. The minimum atomic E-state index is -3.69. The minimum absolute atomic E-state index is 0.00169. The zero-order chi connectivity index (χ0) is 24.2. The predicted molar refractivity (Wildman–Crippen MR) is 125 cm³/mol. The number of amides is 2. The van der Waals surface area contributed by atoms with Crippen LogP contribution in [0.15, 0.2) is 53.4 Å². The van der Waals surface area contributed by atoms with Gasteiger partial charge >= 0.3 is 0 Å². The Hall–Kier alpha value is -2.75. The van der Waals surface area contributed by atoms with E-state index in [1.54, 1.807) is 49.1 Å². The Balaban J connectivity index is 1.61. The van der Waals surface area contributed by atoms with E-state index >= 15 is 0 Å². The summed E-state index contributed by atoms with van der Waals surface area (Å²) in [6, 6.07) is 12.8. The van der Waals surface area contributed by atoms with Crippen molar-refractivity contribution in [3.05, 3.63) is 65.2 Å². The lowest BCUT2D eigenvalue weighted by atomic mass is 10.1. The number of carbonyl (C=O) groups is 2. The molecule has 0 spiro atoms. The summed E-state index contributed by atoms with van der Waals surface area (Å²) in [5.41, 5.74) is 1.67. The molecule has 1 fully saturated rings. The van der Waals surface area contributed by atoms with Crippen LogP contribution < -0.4 is 10.0 Å². The zero-order valence-electron chi connectivity index (χ0n) is 19.4. The van der Waals surface area contributed by atoms with Crippen molar-refractivity contribution >= 4 is 21.8 Å². The fraction of sp³-hybridized carbons (Fsp3) is 0.417. The molecule has 0 bridgehead atoms. The molecule has 33 heavy (non-hydrogen) atoms. The zero-order valence-corrected chi connectivity index (χ0v) is 20.2. The SMILES string of the molecule is CC(C)NS(=O)(=O)c1cccc(C(=O)NCc2ccc(C(=O)N3CC(C)OC(C)C3)cc2)c1. The number of rotatable bonds is 7. The van der Waals surface area contributed by atoms with Gasteiger partial charge in [-0.15, -0.1) is 0 Å². The van der Waals surface area contributed by atoms with Crippen LogP contribution in [0.25, 0.3) is 0 Å². The quantitative estimate of drug-likeness (QED) is 0.643. The van der Waals surface area contributed by atoms with Crippen molar-refractivity contribution in [3.63, 3.8) is 0 Å². The molecule has 9 heteroatoms. The molecule has 0 saturated carbocycles. The Morgan fingerprint density at radius 1 is 1.03 bits per heavy atom. The van der Waals surface area contributed by atoms with Crippen molar-refractivity contribution in [2.24, 2.45) is 0 Å². The largest absolute Gasteiger partial charge is 0.372 e. The number of ether oxygens (including phenoxy) is 1. The molecule has 2 aromatic rings. The van der Waals surface area contributed by atoms with Crippen molar-refractivity contribution < 1.29 is 22.7 Å². The minimum Gasteiger partial charge on any atom is -0.372 e. The lowest BCUT2D eigenvalue weighted by Crippen LogP contribution is -2.48. The van der Waals surface area contributed by atoms with Crippen molar-refractivity contribution in [3.8, 4) is 0 Å². The van der Waals surface area contributed by atoms with E-state index in [2.05, 4.69) is 10.0 Å². The second-order valence-electron chi connectivity index (χ2n) is 8.65. The van der Waals surface area contributed by atoms with Crippen LogP contribution in [0, 0.1) is 0 Å². The van der Waals surface area contributed by atoms with Gasteiger partial charge in [0.2, 0.25) is 10.0 Å². The van der Waals surface area contributed by atoms with Gasteiger partial charge in [0.05, 0.1) is 17.1 Å². The third kappa shape index (κ3) is 6.63. The van der Waals surface area contributed by atoms with E-state index in [4.69, 9.17) is 4.74 Å². The topological polar surface area (TPSA) is 105 Å². The first-order chi connectivity index (χ1) is 15.5. The van der Waals surface area contributed by atoms with Crippen LogP contribution in [-0.2, 0) is 21.3 Å². The number of hydrogen-bond acceptors (Lipinski definition) is 5. The molecule has 2 unspecified atom stereocenters. The van der Waals surface area contributed by atoms with E-state index in [1.165, 1.54) is 18.2 Å². The number of morpholine rings is 1. The van der Waals surface area contributed by atoms with E-state index < -0.39 is 10.0 Å². The number of nitrogens with one attached hydrogen (secondary N) is 2. The summed E-state index contributed by atoms with van der Waals surface area (Å²) in [7, 11) is -3.69. The van der Waals surface area contributed by atoms with Gasteiger partial charge in [-0.3, -0.25) is 9.59 Å². The smallest absolute Gasteiger partial charge is 0.254 e. The summed E-state index contributed by atoms with van der Waals surface area (Å²) in [5.74, 6) is -0.423. The highest BCUT2D eigenvalue weighted by Crippen LogP contribution is 2.16. The normalized spacial score (nSPS) is 18.9. The molecule has 2 aromatic carbocycles. The van der Waals surface area contributed by atoms with Crippen LogP contribution >= 0.6 is 0 Å². The van der Waals surface area contributed by atoms with Gasteiger partial charge in [-0.2, -0.15) is 0 Å². The second kappa shape index (κ2) is 10.5. The molecule has 3 rings (SSSR count).